The van der Waals surface area contributed by atoms with E-state index in [-0.39, 0.29) is 35.7 Å². The van der Waals surface area contributed by atoms with Crippen molar-refractivity contribution >= 4 is 40.8 Å². The van der Waals surface area contributed by atoms with Gasteiger partial charge in [0.2, 0.25) is 5.96 Å². The zero-order chi connectivity index (χ0) is 17.0. The van der Waals surface area contributed by atoms with Crippen molar-refractivity contribution < 1.29 is 8.42 Å². The molecule has 1 saturated heterocycles. The molecule has 3 N–H and O–H groups in total. The number of benzene rings is 1. The minimum absolute atomic E-state index is 0. The molecule has 0 bridgehead atoms. The van der Waals surface area contributed by atoms with Gasteiger partial charge in [0.15, 0.2) is 0 Å². The van der Waals surface area contributed by atoms with E-state index in [1.54, 1.807) is 12.1 Å². The van der Waals surface area contributed by atoms with Gasteiger partial charge in [0.1, 0.15) is 0 Å². The van der Waals surface area contributed by atoms with Crippen LogP contribution in [-0.4, -0.2) is 49.8 Å². The molecule has 1 aromatic rings. The molecule has 25 heavy (non-hydrogen) atoms. The molecular formula is C16H28Cl2N4O2S. The first-order valence-electron chi connectivity index (χ1n) is 8.01. The predicted octanol–water partition coefficient (Wildman–Crippen LogP) is 2.32. The molecule has 0 radical (unpaired) electrons. The molecule has 2 rings (SSSR count). The summed E-state index contributed by atoms with van der Waals surface area (Å²) in [4.78, 5) is 2.06. The summed E-state index contributed by atoms with van der Waals surface area (Å²) in [5.74, 6) is 0.464. The smallest absolute Gasteiger partial charge is 0.266 e. The third kappa shape index (κ3) is 5.74. The lowest BCUT2D eigenvalue weighted by Gasteiger charge is -2.23. The van der Waals surface area contributed by atoms with E-state index in [0.717, 1.165) is 18.4 Å². The van der Waals surface area contributed by atoms with Crippen molar-refractivity contribution in [2.75, 3.05) is 26.2 Å². The molecule has 0 amide bonds. The maximum absolute atomic E-state index is 12.7. The Bertz CT molecular complexity index is 651. The molecule has 1 fully saturated rings. The molecular weight excluding hydrogens is 383 g/mol. The van der Waals surface area contributed by atoms with E-state index < -0.39 is 10.0 Å². The molecule has 144 valence electrons. The molecule has 0 saturated carbocycles. The maximum Gasteiger partial charge on any atom is 0.266 e. The highest BCUT2D eigenvalue weighted by Gasteiger charge is 2.35. The Hall–Kier alpha value is -1.02. The van der Waals surface area contributed by atoms with Gasteiger partial charge in [0.25, 0.3) is 10.0 Å². The number of rotatable bonds is 7. The molecule has 0 spiro atoms. The van der Waals surface area contributed by atoms with Crippen molar-refractivity contribution in [2.24, 2.45) is 11.7 Å². The Morgan fingerprint density at radius 3 is 2.28 bits per heavy atom. The molecule has 0 atom stereocenters. The molecule has 0 aliphatic carbocycles. The zero-order valence-corrected chi connectivity index (χ0v) is 17.1. The highest BCUT2D eigenvalue weighted by atomic mass is 35.5. The summed E-state index contributed by atoms with van der Waals surface area (Å²) in [7, 11) is -3.65. The zero-order valence-electron chi connectivity index (χ0n) is 14.6. The van der Waals surface area contributed by atoms with E-state index in [0.29, 0.717) is 32.1 Å². The van der Waals surface area contributed by atoms with Crippen LogP contribution in [-0.2, 0) is 16.4 Å². The first-order chi connectivity index (χ1) is 10.9. The van der Waals surface area contributed by atoms with E-state index >= 15 is 0 Å². The average molecular weight is 411 g/mol. The average Bonchev–Trinajstić information content (AvgIpc) is 2.86. The maximum atomic E-state index is 12.7. The summed E-state index contributed by atoms with van der Waals surface area (Å²) in [6.07, 6.45) is 1.73. The molecule has 0 unspecified atom stereocenters. The number of nitrogens with zero attached hydrogens (tertiary/aromatic N) is 2. The van der Waals surface area contributed by atoms with Crippen LogP contribution >= 0.6 is 24.8 Å². The van der Waals surface area contributed by atoms with Crippen molar-refractivity contribution in [1.82, 2.24) is 9.21 Å². The second-order valence-corrected chi connectivity index (χ2v) is 8.14. The largest absolute Gasteiger partial charge is 0.340 e. The number of aryl methyl sites for hydroxylation is 1. The number of hydrogen-bond donors (Lipinski definition) is 2. The minimum atomic E-state index is -3.65. The number of guanidine groups is 1. The number of halogens is 2. The molecule has 1 aromatic carbocycles. The third-order valence-corrected chi connectivity index (χ3v) is 5.68. The van der Waals surface area contributed by atoms with Gasteiger partial charge < -0.3 is 10.6 Å². The second kappa shape index (κ2) is 10.2. The number of nitrogens with one attached hydrogen (secondary N) is 1. The van der Waals surface area contributed by atoms with Gasteiger partial charge in [-0.25, -0.2) is 12.7 Å². The van der Waals surface area contributed by atoms with Crippen LogP contribution < -0.4 is 5.73 Å². The van der Waals surface area contributed by atoms with Crippen LogP contribution in [0.2, 0.25) is 0 Å². The SMILES string of the molecule is CC(C)CN1CCN(S(=O)(=O)c2ccc(CCCN)cc2)C1=N.Cl.Cl. The van der Waals surface area contributed by atoms with Crippen molar-refractivity contribution in [3.8, 4) is 0 Å². The standard InChI is InChI=1S/C16H26N4O2S.2ClH/c1-13(2)12-19-10-11-20(16(19)18)23(21,22)15-7-5-14(6-8-15)4-3-9-17;;/h5-8,13,18H,3-4,9-12,17H2,1-2H3;2*1H. The van der Waals surface area contributed by atoms with Crippen LogP contribution in [0.1, 0.15) is 25.8 Å². The number of hydrogen-bond acceptors (Lipinski definition) is 4. The lowest BCUT2D eigenvalue weighted by atomic mass is 10.1. The van der Waals surface area contributed by atoms with Gasteiger partial charge >= 0.3 is 0 Å². The van der Waals surface area contributed by atoms with Gasteiger partial charge in [-0.1, -0.05) is 26.0 Å². The van der Waals surface area contributed by atoms with Crippen LogP contribution in [0.4, 0.5) is 0 Å². The van der Waals surface area contributed by atoms with Crippen LogP contribution in [0.5, 0.6) is 0 Å². The highest BCUT2D eigenvalue weighted by molar-refractivity contribution is 7.89. The third-order valence-electron chi connectivity index (χ3n) is 3.88. The molecule has 1 heterocycles. The van der Waals surface area contributed by atoms with Crippen molar-refractivity contribution in [3.63, 3.8) is 0 Å². The fraction of sp³-hybridized carbons (Fsp3) is 0.562. The summed E-state index contributed by atoms with van der Waals surface area (Å²) in [5, 5.41) is 8.15. The van der Waals surface area contributed by atoms with Gasteiger partial charge in [0, 0.05) is 13.1 Å². The van der Waals surface area contributed by atoms with E-state index in [9.17, 15) is 8.42 Å². The summed E-state index contributed by atoms with van der Waals surface area (Å²) < 4.78 is 26.7. The van der Waals surface area contributed by atoms with Crippen molar-refractivity contribution in [2.45, 2.75) is 31.6 Å². The monoisotopic (exact) mass is 410 g/mol. The first-order valence-corrected chi connectivity index (χ1v) is 9.45. The molecule has 0 aromatic heterocycles. The topological polar surface area (TPSA) is 90.5 Å². The van der Waals surface area contributed by atoms with Crippen molar-refractivity contribution in [3.05, 3.63) is 29.8 Å². The molecule has 9 heteroatoms. The summed E-state index contributed by atoms with van der Waals surface area (Å²) in [6.45, 7) is 6.35. The fourth-order valence-electron chi connectivity index (χ4n) is 2.70. The van der Waals surface area contributed by atoms with E-state index in [4.69, 9.17) is 11.1 Å². The van der Waals surface area contributed by atoms with Crippen LogP contribution in [0.15, 0.2) is 29.2 Å². The normalized spacial score (nSPS) is 14.5. The summed E-state index contributed by atoms with van der Waals surface area (Å²) >= 11 is 0. The quantitative estimate of drug-likeness (QED) is 0.721. The Kier molecular flexibility index (Phi) is 9.79. The van der Waals surface area contributed by atoms with E-state index in [2.05, 4.69) is 13.8 Å². The van der Waals surface area contributed by atoms with Gasteiger partial charge in [-0.15, -0.1) is 24.8 Å². The number of sulfonamides is 1. The Labute approximate surface area is 163 Å². The van der Waals surface area contributed by atoms with Gasteiger partial charge in [-0.2, -0.15) is 0 Å². The predicted molar refractivity (Wildman–Crippen MR) is 106 cm³/mol. The van der Waals surface area contributed by atoms with Crippen LogP contribution in [0.25, 0.3) is 0 Å². The van der Waals surface area contributed by atoms with Gasteiger partial charge in [-0.05, 0) is 43.0 Å². The van der Waals surface area contributed by atoms with Crippen molar-refractivity contribution in [1.29, 1.82) is 5.41 Å². The number of nitrogens with two attached hydrogens (primary N) is 1. The minimum Gasteiger partial charge on any atom is -0.340 e. The van der Waals surface area contributed by atoms with E-state index in [1.807, 2.05) is 17.0 Å². The summed E-state index contributed by atoms with van der Waals surface area (Å²) in [6, 6.07) is 6.90. The lowest BCUT2D eigenvalue weighted by Crippen LogP contribution is -2.38. The second-order valence-electron chi connectivity index (χ2n) is 6.28. The fourth-order valence-corrected chi connectivity index (χ4v) is 4.09. The summed E-state index contributed by atoms with van der Waals surface area (Å²) in [5.41, 5.74) is 6.57. The van der Waals surface area contributed by atoms with Gasteiger partial charge in [-0.3, -0.25) is 5.41 Å². The first kappa shape index (κ1) is 24.0. The Balaban J connectivity index is 0.00000288. The highest BCUT2D eigenvalue weighted by Crippen LogP contribution is 2.22. The Morgan fingerprint density at radius 1 is 1.16 bits per heavy atom. The molecule has 1 aliphatic rings. The Morgan fingerprint density at radius 2 is 1.76 bits per heavy atom. The van der Waals surface area contributed by atoms with E-state index in [1.165, 1.54) is 4.31 Å². The molecule has 1 aliphatic heterocycles. The van der Waals surface area contributed by atoms with Crippen LogP contribution in [0.3, 0.4) is 0 Å². The lowest BCUT2D eigenvalue weighted by molar-refractivity contribution is 0.394. The van der Waals surface area contributed by atoms with Crippen LogP contribution in [0, 0.1) is 11.3 Å². The molecule has 6 nitrogen and oxygen atoms in total. The van der Waals surface area contributed by atoms with Gasteiger partial charge in [0.05, 0.1) is 11.4 Å².